The number of β-amino-alcohol motifs (C(OH)–C–C–N with tert-alkyl or cyclic N) is 1. The average Bonchev–Trinajstić information content (AvgIpc) is 3.60. The number of carbonyl (C=O) groups is 4. The second-order valence-corrected chi connectivity index (χ2v) is 13.6. The molecule has 1 aromatic carbocycles. The summed E-state index contributed by atoms with van der Waals surface area (Å²) in [5.74, 6) is -1.05. The van der Waals surface area contributed by atoms with E-state index in [2.05, 4.69) is 20.9 Å². The molecule has 1 fully saturated rings. The molecule has 1 aliphatic rings. The lowest BCUT2D eigenvalue weighted by molar-refractivity contribution is -0.144. The molecule has 248 valence electrons. The van der Waals surface area contributed by atoms with Gasteiger partial charge in [-0.1, -0.05) is 58.4 Å². The highest BCUT2D eigenvalue weighted by molar-refractivity contribution is 7.13. The molecular formula is C33H49N5O6S. The quantitative estimate of drug-likeness (QED) is 0.222. The van der Waals surface area contributed by atoms with Gasteiger partial charge in [0.05, 0.1) is 34.8 Å². The number of alkyl carbamates (subject to hydrolysis) is 1. The van der Waals surface area contributed by atoms with Crippen molar-refractivity contribution in [2.45, 2.75) is 104 Å². The van der Waals surface area contributed by atoms with E-state index in [1.54, 1.807) is 11.3 Å². The third kappa shape index (κ3) is 10.5. The Kier molecular flexibility index (Phi) is 13.3. The first-order valence-corrected chi connectivity index (χ1v) is 16.7. The molecule has 1 aliphatic heterocycles. The molecule has 11 nitrogen and oxygen atoms in total. The highest BCUT2D eigenvalue weighted by Crippen LogP contribution is 2.29. The molecule has 0 saturated carbocycles. The monoisotopic (exact) mass is 643 g/mol. The van der Waals surface area contributed by atoms with E-state index in [1.165, 1.54) is 4.90 Å². The van der Waals surface area contributed by atoms with Crippen molar-refractivity contribution >= 4 is 35.2 Å². The van der Waals surface area contributed by atoms with E-state index in [1.807, 2.05) is 71.3 Å². The minimum atomic E-state index is -0.891. The molecular weight excluding hydrogens is 594 g/mol. The van der Waals surface area contributed by atoms with Gasteiger partial charge in [0.15, 0.2) is 0 Å². The third-order valence-corrected chi connectivity index (χ3v) is 8.87. The number of amides is 4. The van der Waals surface area contributed by atoms with Crippen LogP contribution in [0.2, 0.25) is 0 Å². The minimum absolute atomic E-state index is 0.0106. The Morgan fingerprint density at radius 3 is 2.44 bits per heavy atom. The van der Waals surface area contributed by atoms with Gasteiger partial charge in [-0.15, -0.1) is 11.3 Å². The van der Waals surface area contributed by atoms with Crippen LogP contribution in [0.5, 0.6) is 0 Å². The SMILES string of the molecule is CCCCOC(=O)NCCCCC(=O)N[C@H](C(=O)N1C[C@H](O)C[C@H]1C(=O)N[C@@H](C)c1ccc(-c2scnc2C)cc1)C(C)(C)C. The number of aryl methyl sites for hydroxylation is 1. The van der Waals surface area contributed by atoms with Crippen LogP contribution in [0.25, 0.3) is 10.4 Å². The molecule has 1 saturated heterocycles. The van der Waals surface area contributed by atoms with Crippen molar-refractivity contribution in [1.82, 2.24) is 25.8 Å². The highest BCUT2D eigenvalue weighted by Gasteiger charge is 2.44. The minimum Gasteiger partial charge on any atom is -0.450 e. The average molecular weight is 644 g/mol. The normalized spacial score (nSPS) is 17.8. The summed E-state index contributed by atoms with van der Waals surface area (Å²) in [6, 6.07) is 5.86. The Morgan fingerprint density at radius 1 is 1.11 bits per heavy atom. The van der Waals surface area contributed by atoms with Gasteiger partial charge in [0.2, 0.25) is 17.7 Å². The fourth-order valence-corrected chi connectivity index (χ4v) is 6.02. The van der Waals surface area contributed by atoms with E-state index < -0.39 is 35.6 Å². The number of carbonyl (C=O) groups excluding carboxylic acids is 4. The van der Waals surface area contributed by atoms with Crippen LogP contribution in [-0.2, 0) is 19.1 Å². The standard InChI is InChI=1S/C33H49N5O6S/c1-7-8-17-44-32(43)34-16-10-9-11-27(40)37-29(33(4,5)6)31(42)38-19-25(39)18-26(38)30(41)36-21(2)23-12-14-24(15-13-23)28-22(3)35-20-45-28/h12-15,20-21,25-26,29,39H,7-11,16-19H2,1-6H3,(H,34,43)(H,36,41)(H,37,40)/t21-,25+,26-,29+/m0/s1. The molecule has 0 aliphatic carbocycles. The number of aliphatic hydroxyl groups is 1. The highest BCUT2D eigenvalue weighted by atomic mass is 32.1. The number of likely N-dealkylation sites (tertiary alicyclic amines) is 1. The molecule has 12 heteroatoms. The van der Waals surface area contributed by atoms with Gasteiger partial charge >= 0.3 is 6.09 Å². The number of nitrogens with zero attached hydrogens (tertiary/aromatic N) is 2. The van der Waals surface area contributed by atoms with Gasteiger partial charge in [-0.3, -0.25) is 14.4 Å². The Labute approximate surface area is 270 Å². The molecule has 3 rings (SSSR count). The number of nitrogens with one attached hydrogen (secondary N) is 3. The number of ether oxygens (including phenoxy) is 1. The maximum atomic E-state index is 13.8. The van der Waals surface area contributed by atoms with E-state index in [-0.39, 0.29) is 37.2 Å². The summed E-state index contributed by atoms with van der Waals surface area (Å²) in [4.78, 5) is 58.6. The molecule has 1 aromatic heterocycles. The fraction of sp³-hybridized carbons (Fsp3) is 0.606. The van der Waals surface area contributed by atoms with Gasteiger partial charge in [0.1, 0.15) is 12.1 Å². The van der Waals surface area contributed by atoms with Crippen molar-refractivity contribution in [3.8, 4) is 10.4 Å². The van der Waals surface area contributed by atoms with Crippen LogP contribution >= 0.6 is 11.3 Å². The molecule has 4 N–H and O–H groups in total. The van der Waals surface area contributed by atoms with Gasteiger partial charge in [0.25, 0.3) is 0 Å². The Morgan fingerprint density at radius 2 is 1.82 bits per heavy atom. The van der Waals surface area contributed by atoms with Gasteiger partial charge in [-0.05, 0) is 49.7 Å². The molecule has 0 bridgehead atoms. The van der Waals surface area contributed by atoms with Crippen LogP contribution in [-0.4, -0.2) is 76.7 Å². The predicted octanol–water partition coefficient (Wildman–Crippen LogP) is 4.49. The zero-order valence-electron chi connectivity index (χ0n) is 27.4. The number of thiazole rings is 1. The van der Waals surface area contributed by atoms with E-state index in [0.717, 1.165) is 34.5 Å². The summed E-state index contributed by atoms with van der Waals surface area (Å²) in [5.41, 5.74) is 4.11. The number of unbranched alkanes of at least 4 members (excludes halogenated alkanes) is 2. The second-order valence-electron chi connectivity index (χ2n) is 12.8. The van der Waals surface area contributed by atoms with Gasteiger partial charge < -0.3 is 30.7 Å². The zero-order chi connectivity index (χ0) is 33.1. The van der Waals surface area contributed by atoms with E-state index in [0.29, 0.717) is 26.0 Å². The lowest BCUT2D eigenvalue weighted by atomic mass is 9.85. The van der Waals surface area contributed by atoms with Crippen LogP contribution in [0.1, 0.15) is 90.4 Å². The van der Waals surface area contributed by atoms with Gasteiger partial charge in [-0.25, -0.2) is 9.78 Å². The van der Waals surface area contributed by atoms with Crippen molar-refractivity contribution in [2.75, 3.05) is 19.7 Å². The summed E-state index contributed by atoms with van der Waals surface area (Å²) < 4.78 is 5.05. The van der Waals surface area contributed by atoms with Crippen molar-refractivity contribution in [1.29, 1.82) is 0 Å². The first-order valence-electron chi connectivity index (χ1n) is 15.8. The van der Waals surface area contributed by atoms with Gasteiger partial charge in [-0.2, -0.15) is 0 Å². The van der Waals surface area contributed by atoms with Crippen molar-refractivity contribution in [3.05, 3.63) is 41.0 Å². The first kappa shape index (κ1) is 36.0. The van der Waals surface area contributed by atoms with E-state index in [4.69, 9.17) is 4.74 Å². The molecule has 2 aromatic rings. The second kappa shape index (κ2) is 16.7. The van der Waals surface area contributed by atoms with Crippen molar-refractivity contribution in [3.63, 3.8) is 0 Å². The number of rotatable bonds is 14. The molecule has 4 amide bonds. The number of hydrogen-bond donors (Lipinski definition) is 4. The summed E-state index contributed by atoms with van der Waals surface area (Å²) in [6.07, 6.45) is 1.83. The molecule has 0 unspecified atom stereocenters. The zero-order valence-corrected chi connectivity index (χ0v) is 28.2. The van der Waals surface area contributed by atoms with Gasteiger partial charge in [0, 0.05) is 25.9 Å². The molecule has 2 heterocycles. The van der Waals surface area contributed by atoms with Crippen molar-refractivity contribution < 1.29 is 29.0 Å². The fourth-order valence-electron chi connectivity index (χ4n) is 5.21. The maximum absolute atomic E-state index is 13.8. The number of aliphatic hydroxyl groups excluding tert-OH is 1. The Balaban J connectivity index is 1.56. The topological polar surface area (TPSA) is 150 Å². The third-order valence-electron chi connectivity index (χ3n) is 7.89. The lowest BCUT2D eigenvalue weighted by Gasteiger charge is -2.35. The van der Waals surface area contributed by atoms with Crippen molar-refractivity contribution in [2.24, 2.45) is 5.41 Å². The molecule has 0 spiro atoms. The smallest absolute Gasteiger partial charge is 0.407 e. The number of aromatic nitrogens is 1. The maximum Gasteiger partial charge on any atom is 0.407 e. The Hall–Kier alpha value is -3.51. The predicted molar refractivity (Wildman–Crippen MR) is 174 cm³/mol. The van der Waals surface area contributed by atoms with Crippen LogP contribution in [0.4, 0.5) is 4.79 Å². The lowest BCUT2D eigenvalue weighted by Crippen LogP contribution is -2.57. The molecule has 45 heavy (non-hydrogen) atoms. The first-order chi connectivity index (χ1) is 21.3. The largest absolute Gasteiger partial charge is 0.450 e. The number of hydrogen-bond acceptors (Lipinski definition) is 8. The summed E-state index contributed by atoms with van der Waals surface area (Å²) in [5, 5.41) is 19.0. The number of benzene rings is 1. The van der Waals surface area contributed by atoms with Crippen LogP contribution < -0.4 is 16.0 Å². The summed E-state index contributed by atoms with van der Waals surface area (Å²) >= 11 is 1.58. The van der Waals surface area contributed by atoms with Crippen LogP contribution in [0.15, 0.2) is 29.8 Å². The van der Waals surface area contributed by atoms with Crippen LogP contribution in [0, 0.1) is 12.3 Å². The summed E-state index contributed by atoms with van der Waals surface area (Å²) in [6.45, 7) is 12.2. The van der Waals surface area contributed by atoms with Crippen LogP contribution in [0.3, 0.4) is 0 Å². The van der Waals surface area contributed by atoms with E-state index >= 15 is 0 Å². The van der Waals surface area contributed by atoms with E-state index in [9.17, 15) is 24.3 Å². The summed E-state index contributed by atoms with van der Waals surface area (Å²) in [7, 11) is 0. The molecule has 4 atom stereocenters. The molecule has 0 radical (unpaired) electrons. The Bertz CT molecular complexity index is 1290.